The second-order valence-electron chi connectivity index (χ2n) is 5.61. The van der Waals surface area contributed by atoms with Gasteiger partial charge in [0, 0.05) is 26.4 Å². The van der Waals surface area contributed by atoms with Gasteiger partial charge in [0.05, 0.1) is 15.9 Å². The Balaban J connectivity index is 2.30. The first-order valence-corrected chi connectivity index (χ1v) is 9.32. The zero-order chi connectivity index (χ0) is 20.0. The summed E-state index contributed by atoms with van der Waals surface area (Å²) in [6.45, 7) is 0. The number of sulfonamides is 1. The summed E-state index contributed by atoms with van der Waals surface area (Å²) in [6, 6.07) is 9.45. The van der Waals surface area contributed by atoms with Gasteiger partial charge in [-0.15, -0.1) is 0 Å². The number of nitrogens with zero attached hydrogens (tertiary/aromatic N) is 1. The molecule has 1 unspecified atom stereocenters. The molecular weight excluding hydrogens is 379 g/mol. The van der Waals surface area contributed by atoms with Gasteiger partial charge in [-0.3, -0.25) is 10.1 Å². The summed E-state index contributed by atoms with van der Waals surface area (Å²) >= 11 is 0. The number of rotatable bonds is 9. The van der Waals surface area contributed by atoms with Gasteiger partial charge in [-0.25, -0.2) is 17.5 Å². The highest BCUT2D eigenvalue weighted by molar-refractivity contribution is 7.89. The van der Waals surface area contributed by atoms with Crippen LogP contribution in [0.2, 0.25) is 0 Å². The van der Waals surface area contributed by atoms with Gasteiger partial charge >= 0.3 is 0 Å². The van der Waals surface area contributed by atoms with Crippen LogP contribution in [-0.4, -0.2) is 39.9 Å². The van der Waals surface area contributed by atoms with E-state index in [4.69, 9.17) is 9.47 Å². The molecule has 1 atom stereocenters. The van der Waals surface area contributed by atoms with Crippen molar-refractivity contribution in [2.45, 2.75) is 23.6 Å². The molecular formula is C17H19FN2O6S. The second-order valence-corrected chi connectivity index (χ2v) is 7.33. The Bertz CT molecular complexity index is 885. The van der Waals surface area contributed by atoms with Crippen molar-refractivity contribution in [1.82, 2.24) is 4.72 Å². The minimum Gasteiger partial charge on any atom is -0.354 e. The van der Waals surface area contributed by atoms with E-state index in [2.05, 4.69) is 4.72 Å². The minimum atomic E-state index is -4.06. The summed E-state index contributed by atoms with van der Waals surface area (Å²) < 4.78 is 52.0. The number of nitrogens with one attached hydrogen (secondary N) is 1. The van der Waals surface area contributed by atoms with Crippen LogP contribution >= 0.6 is 0 Å². The highest BCUT2D eigenvalue weighted by Crippen LogP contribution is 2.19. The molecule has 0 bridgehead atoms. The summed E-state index contributed by atoms with van der Waals surface area (Å²) in [5.74, 6) is -0.483. The number of non-ortho nitro benzene ring substituents is 1. The maximum absolute atomic E-state index is 14.0. The van der Waals surface area contributed by atoms with Crippen molar-refractivity contribution in [3.05, 3.63) is 70.0 Å². The number of ether oxygens (including phenoxy) is 2. The normalized spacial score (nSPS) is 12.9. The summed E-state index contributed by atoms with van der Waals surface area (Å²) in [5, 5.41) is 10.7. The number of hydrogen-bond acceptors (Lipinski definition) is 6. The van der Waals surface area contributed by atoms with E-state index in [-0.39, 0.29) is 22.6 Å². The molecule has 0 radical (unpaired) electrons. The summed E-state index contributed by atoms with van der Waals surface area (Å²) in [7, 11) is -1.38. The molecule has 0 aliphatic carbocycles. The average Bonchev–Trinajstić information content (AvgIpc) is 2.64. The largest absolute Gasteiger partial charge is 0.354 e. The highest BCUT2D eigenvalue weighted by Gasteiger charge is 2.28. The van der Waals surface area contributed by atoms with E-state index >= 15 is 0 Å². The predicted octanol–water partition coefficient (Wildman–Crippen LogP) is 2.24. The third kappa shape index (κ3) is 5.30. The highest BCUT2D eigenvalue weighted by atomic mass is 32.2. The lowest BCUT2D eigenvalue weighted by Crippen LogP contribution is -2.46. The lowest BCUT2D eigenvalue weighted by Gasteiger charge is -2.26. The fraction of sp³-hybridized carbons (Fsp3) is 0.294. The van der Waals surface area contributed by atoms with Crippen molar-refractivity contribution in [2.24, 2.45) is 0 Å². The first-order chi connectivity index (χ1) is 12.8. The SMILES string of the molecule is COC(OC)C(Cc1ccccc1F)NS(=O)(=O)c1ccc([N+](=O)[O-])cc1. The van der Waals surface area contributed by atoms with Crippen LogP contribution in [0, 0.1) is 15.9 Å². The van der Waals surface area contributed by atoms with E-state index in [0.717, 1.165) is 24.3 Å². The van der Waals surface area contributed by atoms with Gasteiger partial charge in [0.2, 0.25) is 10.0 Å². The zero-order valence-corrected chi connectivity index (χ0v) is 15.5. The van der Waals surface area contributed by atoms with Gasteiger partial charge in [0.25, 0.3) is 5.69 Å². The molecule has 10 heteroatoms. The van der Waals surface area contributed by atoms with Crippen LogP contribution in [0.5, 0.6) is 0 Å². The van der Waals surface area contributed by atoms with Crippen LogP contribution in [0.1, 0.15) is 5.56 Å². The van der Waals surface area contributed by atoms with Gasteiger partial charge < -0.3 is 9.47 Å². The van der Waals surface area contributed by atoms with E-state index < -0.39 is 33.1 Å². The molecule has 0 saturated carbocycles. The maximum atomic E-state index is 14.0. The molecule has 0 fully saturated rings. The Morgan fingerprint density at radius 3 is 2.22 bits per heavy atom. The van der Waals surface area contributed by atoms with Crippen LogP contribution in [0.4, 0.5) is 10.1 Å². The number of nitro benzene ring substituents is 1. The first-order valence-electron chi connectivity index (χ1n) is 7.84. The quantitative estimate of drug-likeness (QED) is 0.394. The molecule has 0 aliphatic heterocycles. The molecule has 1 N–H and O–H groups in total. The van der Waals surface area contributed by atoms with E-state index in [9.17, 15) is 22.9 Å². The predicted molar refractivity (Wildman–Crippen MR) is 95.1 cm³/mol. The van der Waals surface area contributed by atoms with Crippen molar-refractivity contribution >= 4 is 15.7 Å². The van der Waals surface area contributed by atoms with E-state index in [0.29, 0.717) is 0 Å². The second kappa shape index (κ2) is 9.00. The summed E-state index contributed by atoms with van der Waals surface area (Å²) in [6.07, 6.45) is -0.997. The van der Waals surface area contributed by atoms with Gasteiger partial charge in [0.1, 0.15) is 5.82 Å². The topological polar surface area (TPSA) is 108 Å². The Hall–Kier alpha value is -2.40. The molecule has 0 spiro atoms. The Kier molecular flexibility index (Phi) is 6.97. The molecule has 2 rings (SSSR count). The number of halogens is 1. The summed E-state index contributed by atoms with van der Waals surface area (Å²) in [4.78, 5) is 9.92. The van der Waals surface area contributed by atoms with Crippen molar-refractivity contribution in [1.29, 1.82) is 0 Å². The van der Waals surface area contributed by atoms with Crippen LogP contribution in [0.3, 0.4) is 0 Å². The Morgan fingerprint density at radius 1 is 1.11 bits per heavy atom. The molecule has 146 valence electrons. The number of hydrogen-bond donors (Lipinski definition) is 1. The van der Waals surface area contributed by atoms with E-state index in [1.54, 1.807) is 6.07 Å². The molecule has 0 aliphatic rings. The molecule has 2 aromatic rings. The van der Waals surface area contributed by atoms with Crippen molar-refractivity contribution in [3.63, 3.8) is 0 Å². The van der Waals surface area contributed by atoms with E-state index in [1.807, 2.05) is 0 Å². The number of nitro groups is 1. The Morgan fingerprint density at radius 2 is 1.70 bits per heavy atom. The lowest BCUT2D eigenvalue weighted by molar-refractivity contribution is -0.384. The van der Waals surface area contributed by atoms with Gasteiger partial charge in [-0.05, 0) is 30.2 Å². The maximum Gasteiger partial charge on any atom is 0.269 e. The molecule has 8 nitrogen and oxygen atoms in total. The molecule has 27 heavy (non-hydrogen) atoms. The molecule has 0 amide bonds. The van der Waals surface area contributed by atoms with Crippen molar-refractivity contribution < 1.29 is 27.2 Å². The van der Waals surface area contributed by atoms with Crippen LogP contribution in [-0.2, 0) is 25.9 Å². The standard InChI is InChI=1S/C17H19FN2O6S/c1-25-17(26-2)16(11-12-5-3-4-6-15(12)18)19-27(23,24)14-9-7-13(8-10-14)20(21)22/h3-10,16-17,19H,11H2,1-2H3. The monoisotopic (exact) mass is 398 g/mol. The van der Waals surface area contributed by atoms with Gasteiger partial charge in [0.15, 0.2) is 6.29 Å². The average molecular weight is 398 g/mol. The number of benzene rings is 2. The minimum absolute atomic E-state index is 0.0226. The molecule has 0 aromatic heterocycles. The number of methoxy groups -OCH3 is 2. The van der Waals surface area contributed by atoms with Crippen molar-refractivity contribution in [2.75, 3.05) is 14.2 Å². The molecule has 0 heterocycles. The van der Waals surface area contributed by atoms with Crippen LogP contribution < -0.4 is 4.72 Å². The van der Waals surface area contributed by atoms with E-state index in [1.165, 1.54) is 32.4 Å². The first kappa shape index (κ1) is 20.9. The smallest absolute Gasteiger partial charge is 0.269 e. The fourth-order valence-corrected chi connectivity index (χ4v) is 3.76. The molecule has 2 aromatic carbocycles. The summed E-state index contributed by atoms with van der Waals surface area (Å²) in [5.41, 5.74) is 0.0523. The zero-order valence-electron chi connectivity index (χ0n) is 14.7. The van der Waals surface area contributed by atoms with Crippen molar-refractivity contribution in [3.8, 4) is 0 Å². The van der Waals surface area contributed by atoms with Crippen LogP contribution in [0.25, 0.3) is 0 Å². The van der Waals surface area contributed by atoms with Crippen LogP contribution in [0.15, 0.2) is 53.4 Å². The third-order valence-electron chi connectivity index (χ3n) is 3.86. The molecule has 0 saturated heterocycles. The Labute approximate surface area is 156 Å². The third-order valence-corrected chi connectivity index (χ3v) is 5.36. The fourth-order valence-electron chi connectivity index (χ4n) is 2.53. The van der Waals surface area contributed by atoms with Gasteiger partial charge in [-0.2, -0.15) is 0 Å². The van der Waals surface area contributed by atoms with Gasteiger partial charge in [-0.1, -0.05) is 18.2 Å². The lowest BCUT2D eigenvalue weighted by atomic mass is 10.1.